The van der Waals surface area contributed by atoms with Crippen molar-refractivity contribution in [2.75, 3.05) is 4.90 Å². The molecule has 45 heavy (non-hydrogen) atoms. The van der Waals surface area contributed by atoms with Gasteiger partial charge in [0, 0.05) is 16.8 Å². The van der Waals surface area contributed by atoms with Gasteiger partial charge in [0.05, 0.1) is 28.7 Å². The molecule has 7 rings (SSSR count). The van der Waals surface area contributed by atoms with E-state index in [9.17, 15) is 4.79 Å². The Balaban J connectivity index is 1.18. The minimum atomic E-state index is -1.25. The molecule has 0 fully saturated rings. The number of carbonyl (C=O) groups is 1. The summed E-state index contributed by atoms with van der Waals surface area (Å²) in [6, 6.07) is 38.0. The highest BCUT2D eigenvalue weighted by Gasteiger charge is 2.19. The third kappa shape index (κ3) is 5.36. The van der Waals surface area contributed by atoms with Crippen LogP contribution in [0.25, 0.3) is 40.4 Å². The summed E-state index contributed by atoms with van der Waals surface area (Å²) in [6.45, 7) is 0. The van der Waals surface area contributed by atoms with Gasteiger partial charge in [-0.15, -0.1) is 0 Å². The molecule has 2 heterocycles. The molecule has 6 aromatic rings. The topological polar surface area (TPSA) is 90.1 Å². The molecule has 0 amide bonds. The van der Waals surface area contributed by atoms with Crippen LogP contribution in [0.4, 0.5) is 17.1 Å². The molecule has 1 N–H and O–H groups in total. The van der Waals surface area contributed by atoms with Gasteiger partial charge in [0.1, 0.15) is 22.7 Å². The number of carboxylic acids is 1. The summed E-state index contributed by atoms with van der Waals surface area (Å²) in [7, 11) is 0. The van der Waals surface area contributed by atoms with Crippen molar-refractivity contribution in [2.24, 2.45) is 0 Å². The third-order valence-electron chi connectivity index (χ3n) is 7.56. The standard InChI is InChI=1S/C38H22N4O2S/c39-24-31(38(43)44)23-26-10-14-27(15-11-26)33-22-19-30(36-37(33)41-45-40-36)16-9-25-12-20-32(21-13-25)42-34-7-3-1-5-28(34)17-18-29-6-2-4-8-35(29)42/h1-8,10-15,17-23H,(H,43,44)/b31-23+. The molecule has 0 bridgehead atoms. The SMILES string of the molecule is N#C/C(=C\c1ccc(-c2ccc(C#Cc3ccc(N4c5ccccc5C=Cc5ccccc54)cc3)c3nsnc23)cc1)C(=O)O. The molecule has 1 aliphatic heterocycles. The Hall–Kier alpha value is -6.28. The Morgan fingerprint density at radius 1 is 0.756 bits per heavy atom. The number of carboxylic acid groups (broad SMARTS) is 1. The number of hydrogen-bond acceptors (Lipinski definition) is 6. The molecule has 0 spiro atoms. The molecule has 5 aromatic carbocycles. The van der Waals surface area contributed by atoms with Crippen LogP contribution in [0, 0.1) is 23.2 Å². The second-order valence-electron chi connectivity index (χ2n) is 10.3. The molecule has 1 aromatic heterocycles. The molecule has 0 saturated carbocycles. The van der Waals surface area contributed by atoms with Crippen LogP contribution in [0.3, 0.4) is 0 Å². The van der Waals surface area contributed by atoms with Crippen LogP contribution in [0.5, 0.6) is 0 Å². The zero-order valence-electron chi connectivity index (χ0n) is 23.7. The maximum Gasteiger partial charge on any atom is 0.346 e. The molecule has 0 atom stereocenters. The molecule has 0 aliphatic carbocycles. The predicted octanol–water partition coefficient (Wildman–Crippen LogP) is 8.70. The predicted molar refractivity (Wildman–Crippen MR) is 180 cm³/mol. The molecule has 212 valence electrons. The van der Waals surface area contributed by atoms with Gasteiger partial charge < -0.3 is 10.0 Å². The summed E-state index contributed by atoms with van der Waals surface area (Å²) in [6.07, 6.45) is 5.67. The van der Waals surface area contributed by atoms with Crippen molar-refractivity contribution in [3.8, 4) is 29.0 Å². The first-order chi connectivity index (χ1) is 22.1. The van der Waals surface area contributed by atoms with E-state index in [0.29, 0.717) is 5.56 Å². The van der Waals surface area contributed by atoms with Crippen molar-refractivity contribution in [3.05, 3.63) is 143 Å². The van der Waals surface area contributed by atoms with E-state index in [4.69, 9.17) is 10.4 Å². The Bertz CT molecular complexity index is 2210. The van der Waals surface area contributed by atoms with Crippen LogP contribution in [0.1, 0.15) is 27.8 Å². The van der Waals surface area contributed by atoms with Crippen molar-refractivity contribution in [3.63, 3.8) is 0 Å². The molecule has 1 aliphatic rings. The van der Waals surface area contributed by atoms with E-state index < -0.39 is 5.97 Å². The van der Waals surface area contributed by atoms with Crippen LogP contribution in [-0.2, 0) is 4.79 Å². The normalized spacial score (nSPS) is 12.0. The summed E-state index contributed by atoms with van der Waals surface area (Å²) in [4.78, 5) is 13.4. The van der Waals surface area contributed by atoms with Crippen LogP contribution in [-0.4, -0.2) is 19.8 Å². The van der Waals surface area contributed by atoms with Crippen LogP contribution in [0.2, 0.25) is 0 Å². The summed E-state index contributed by atoms with van der Waals surface area (Å²) >= 11 is 1.13. The number of benzene rings is 5. The quantitative estimate of drug-likeness (QED) is 0.124. The molecule has 0 saturated heterocycles. The lowest BCUT2D eigenvalue weighted by atomic mass is 9.99. The largest absolute Gasteiger partial charge is 0.477 e. The van der Waals surface area contributed by atoms with Crippen molar-refractivity contribution >= 4 is 64.0 Å². The first-order valence-corrected chi connectivity index (χ1v) is 14.8. The molecule has 7 heteroatoms. The average molecular weight is 599 g/mol. The Labute approximate surface area is 263 Å². The van der Waals surface area contributed by atoms with Gasteiger partial charge in [-0.25, -0.2) is 4.79 Å². The minimum Gasteiger partial charge on any atom is -0.477 e. The fourth-order valence-corrected chi connectivity index (χ4v) is 5.93. The van der Waals surface area contributed by atoms with Gasteiger partial charge in [-0.1, -0.05) is 90.7 Å². The first-order valence-electron chi connectivity index (χ1n) is 14.1. The fraction of sp³-hybridized carbons (Fsp3) is 0. The molecular weight excluding hydrogens is 577 g/mol. The lowest BCUT2D eigenvalue weighted by Crippen LogP contribution is -2.11. The Morgan fingerprint density at radius 3 is 2.04 bits per heavy atom. The number of aliphatic carboxylic acids is 1. The number of aromatic nitrogens is 2. The number of nitrogens with zero attached hydrogens (tertiary/aromatic N) is 4. The van der Waals surface area contributed by atoms with E-state index in [2.05, 4.69) is 98.3 Å². The number of anilines is 3. The maximum atomic E-state index is 11.2. The van der Waals surface area contributed by atoms with Crippen molar-refractivity contribution in [1.29, 1.82) is 5.26 Å². The minimum absolute atomic E-state index is 0.318. The first kappa shape index (κ1) is 27.5. The Kier molecular flexibility index (Phi) is 7.21. The lowest BCUT2D eigenvalue weighted by Gasteiger charge is -2.27. The van der Waals surface area contributed by atoms with Crippen LogP contribution < -0.4 is 4.90 Å². The van der Waals surface area contributed by atoms with E-state index in [1.807, 2.05) is 36.4 Å². The van der Waals surface area contributed by atoms with Crippen LogP contribution in [0.15, 0.2) is 115 Å². The second-order valence-corrected chi connectivity index (χ2v) is 10.8. The van der Waals surface area contributed by atoms with E-state index >= 15 is 0 Å². The molecule has 0 unspecified atom stereocenters. The van der Waals surface area contributed by atoms with Crippen molar-refractivity contribution in [1.82, 2.24) is 8.75 Å². The van der Waals surface area contributed by atoms with Gasteiger partial charge in [0.15, 0.2) is 0 Å². The van der Waals surface area contributed by atoms with Gasteiger partial charge in [-0.05, 0) is 70.8 Å². The fourth-order valence-electron chi connectivity index (χ4n) is 5.35. The van der Waals surface area contributed by atoms with Gasteiger partial charge in [0.2, 0.25) is 0 Å². The number of para-hydroxylation sites is 2. The molecule has 6 nitrogen and oxygen atoms in total. The average Bonchev–Trinajstić information content (AvgIpc) is 3.51. The van der Waals surface area contributed by atoms with Gasteiger partial charge in [0.25, 0.3) is 0 Å². The smallest absolute Gasteiger partial charge is 0.346 e. The summed E-state index contributed by atoms with van der Waals surface area (Å²) in [5, 5.41) is 18.2. The maximum absolute atomic E-state index is 11.2. The molecule has 0 radical (unpaired) electrons. The van der Waals surface area contributed by atoms with Gasteiger partial charge >= 0.3 is 5.97 Å². The number of rotatable bonds is 4. The summed E-state index contributed by atoms with van der Waals surface area (Å²) < 4.78 is 9.08. The lowest BCUT2D eigenvalue weighted by molar-refractivity contribution is -0.132. The highest BCUT2D eigenvalue weighted by molar-refractivity contribution is 7.00. The van der Waals surface area contributed by atoms with Crippen LogP contribution >= 0.6 is 11.7 Å². The Morgan fingerprint density at radius 2 is 1.40 bits per heavy atom. The van der Waals surface area contributed by atoms with Gasteiger partial charge in [-0.2, -0.15) is 14.0 Å². The third-order valence-corrected chi connectivity index (χ3v) is 8.09. The highest BCUT2D eigenvalue weighted by atomic mass is 32.1. The van der Waals surface area contributed by atoms with E-state index in [1.165, 1.54) is 6.08 Å². The summed E-state index contributed by atoms with van der Waals surface area (Å²) in [5.41, 5.74) is 10.9. The van der Waals surface area contributed by atoms with Crippen molar-refractivity contribution in [2.45, 2.75) is 0 Å². The zero-order valence-corrected chi connectivity index (χ0v) is 24.5. The number of hydrogen-bond donors (Lipinski definition) is 1. The monoisotopic (exact) mass is 598 g/mol. The van der Waals surface area contributed by atoms with Gasteiger partial charge in [-0.3, -0.25) is 0 Å². The summed E-state index contributed by atoms with van der Waals surface area (Å²) in [5.74, 6) is 5.34. The zero-order chi connectivity index (χ0) is 30.8. The van der Waals surface area contributed by atoms with E-state index in [0.717, 1.165) is 73.2 Å². The number of nitriles is 1. The number of fused-ring (bicyclic) bond motifs is 3. The van der Waals surface area contributed by atoms with E-state index in [1.54, 1.807) is 18.2 Å². The van der Waals surface area contributed by atoms with E-state index in [-0.39, 0.29) is 5.57 Å². The molecular formula is C38H22N4O2S. The highest BCUT2D eigenvalue weighted by Crippen LogP contribution is 2.41. The second kappa shape index (κ2) is 11.8. The van der Waals surface area contributed by atoms with Crippen molar-refractivity contribution < 1.29 is 9.90 Å².